The lowest BCUT2D eigenvalue weighted by molar-refractivity contribution is 0.183. The topological polar surface area (TPSA) is 54.5 Å². The maximum atomic E-state index is 11.6. The van der Waals surface area contributed by atoms with Gasteiger partial charge in [0.05, 0.1) is 6.54 Å². The highest BCUT2D eigenvalue weighted by Gasteiger charge is 2.27. The summed E-state index contributed by atoms with van der Waals surface area (Å²) in [5, 5.41) is 2.79. The molecule has 92 valence electrons. The zero-order valence-electron chi connectivity index (χ0n) is 9.93. The number of rotatable bonds is 3. The first-order valence-corrected chi connectivity index (χ1v) is 5.90. The van der Waals surface area contributed by atoms with E-state index < -0.39 is 0 Å². The average molecular weight is 235 g/mol. The Labute approximate surface area is 101 Å². The third-order valence-electron chi connectivity index (χ3n) is 2.69. The maximum absolute atomic E-state index is 11.6. The molecule has 0 saturated carbocycles. The zero-order valence-corrected chi connectivity index (χ0v) is 9.93. The molecule has 5 nitrogen and oxygen atoms in total. The first-order valence-electron chi connectivity index (χ1n) is 5.90. The monoisotopic (exact) mass is 235 g/mol. The fourth-order valence-electron chi connectivity index (χ4n) is 1.86. The summed E-state index contributed by atoms with van der Waals surface area (Å²) in [7, 11) is 0. The predicted octanol–water partition coefficient (Wildman–Crippen LogP) is 1.26. The van der Waals surface area contributed by atoms with Gasteiger partial charge in [-0.25, -0.2) is 9.78 Å². The van der Waals surface area contributed by atoms with E-state index in [0.29, 0.717) is 19.0 Å². The molecule has 1 N–H and O–H groups in total. The Balaban J connectivity index is 1.84. The van der Waals surface area contributed by atoms with E-state index in [1.807, 2.05) is 25.1 Å². The molecule has 1 aliphatic heterocycles. The maximum Gasteiger partial charge on any atom is 0.317 e. The van der Waals surface area contributed by atoms with Gasteiger partial charge in [-0.3, -0.25) is 0 Å². The Morgan fingerprint density at radius 1 is 1.65 bits per heavy atom. The van der Waals surface area contributed by atoms with Crippen molar-refractivity contribution in [1.82, 2.24) is 15.2 Å². The molecule has 0 bridgehead atoms. The molecule has 1 aromatic heterocycles. The third-order valence-corrected chi connectivity index (χ3v) is 2.69. The van der Waals surface area contributed by atoms with E-state index in [4.69, 9.17) is 4.74 Å². The number of amides is 2. The van der Waals surface area contributed by atoms with Crippen LogP contribution in [-0.2, 0) is 0 Å². The van der Waals surface area contributed by atoms with E-state index >= 15 is 0 Å². The number of urea groups is 1. The number of carbonyl (C=O) groups is 1. The standard InChI is InChI=1S/C12H17N3O2/c1-2-13-12(16)15-8-6-10(9-15)17-11-5-3-4-7-14-11/h3-5,7,10H,2,6,8-9H2,1H3,(H,13,16). The molecular formula is C12H17N3O2. The largest absolute Gasteiger partial charge is 0.472 e. The molecule has 1 saturated heterocycles. The number of pyridine rings is 1. The second-order valence-corrected chi connectivity index (χ2v) is 3.98. The summed E-state index contributed by atoms with van der Waals surface area (Å²) in [4.78, 5) is 17.5. The first-order chi connectivity index (χ1) is 8.29. The summed E-state index contributed by atoms with van der Waals surface area (Å²) in [6.45, 7) is 3.93. The van der Waals surface area contributed by atoms with Crippen LogP contribution < -0.4 is 10.1 Å². The molecule has 1 unspecified atom stereocenters. The van der Waals surface area contributed by atoms with Crippen LogP contribution in [-0.4, -0.2) is 41.7 Å². The number of ether oxygens (including phenoxy) is 1. The molecule has 17 heavy (non-hydrogen) atoms. The van der Waals surface area contributed by atoms with Crippen LogP contribution in [0.2, 0.25) is 0 Å². The molecule has 0 radical (unpaired) electrons. The van der Waals surface area contributed by atoms with Crippen molar-refractivity contribution in [2.24, 2.45) is 0 Å². The van der Waals surface area contributed by atoms with Crippen LogP contribution in [0.5, 0.6) is 5.88 Å². The molecule has 0 spiro atoms. The van der Waals surface area contributed by atoms with Gasteiger partial charge in [-0.1, -0.05) is 6.07 Å². The highest BCUT2D eigenvalue weighted by Crippen LogP contribution is 2.15. The molecule has 1 aromatic rings. The zero-order chi connectivity index (χ0) is 12.1. The van der Waals surface area contributed by atoms with E-state index in [1.54, 1.807) is 11.1 Å². The number of aromatic nitrogens is 1. The van der Waals surface area contributed by atoms with E-state index in [0.717, 1.165) is 13.0 Å². The van der Waals surface area contributed by atoms with Gasteiger partial charge in [-0.05, 0) is 13.0 Å². The lowest BCUT2D eigenvalue weighted by Gasteiger charge is -2.16. The number of likely N-dealkylation sites (tertiary alicyclic amines) is 1. The minimum Gasteiger partial charge on any atom is -0.472 e. The number of hydrogen-bond acceptors (Lipinski definition) is 3. The second kappa shape index (κ2) is 5.52. The molecule has 1 fully saturated rings. The number of nitrogens with one attached hydrogen (secondary N) is 1. The van der Waals surface area contributed by atoms with Crippen molar-refractivity contribution in [2.45, 2.75) is 19.4 Å². The van der Waals surface area contributed by atoms with Gasteiger partial charge in [0.25, 0.3) is 0 Å². The summed E-state index contributed by atoms with van der Waals surface area (Å²) < 4.78 is 5.70. The summed E-state index contributed by atoms with van der Waals surface area (Å²) in [6, 6.07) is 5.55. The number of hydrogen-bond donors (Lipinski definition) is 1. The Hall–Kier alpha value is -1.78. The minimum atomic E-state index is -0.0142. The Bertz CT molecular complexity index is 369. The molecule has 1 aliphatic rings. The summed E-state index contributed by atoms with van der Waals surface area (Å²) in [5.74, 6) is 0.621. The lowest BCUT2D eigenvalue weighted by atomic mass is 10.3. The van der Waals surface area contributed by atoms with Crippen LogP contribution >= 0.6 is 0 Å². The van der Waals surface area contributed by atoms with Gasteiger partial charge in [0.2, 0.25) is 5.88 Å². The van der Waals surface area contributed by atoms with Gasteiger partial charge < -0.3 is 15.0 Å². The lowest BCUT2D eigenvalue weighted by Crippen LogP contribution is -2.39. The van der Waals surface area contributed by atoms with Gasteiger partial charge >= 0.3 is 6.03 Å². The van der Waals surface area contributed by atoms with Crippen LogP contribution in [0, 0.1) is 0 Å². The van der Waals surface area contributed by atoms with Gasteiger partial charge in [-0.2, -0.15) is 0 Å². The number of carbonyl (C=O) groups excluding carboxylic acids is 1. The summed E-state index contributed by atoms with van der Waals surface area (Å²) >= 11 is 0. The molecular weight excluding hydrogens is 218 g/mol. The van der Waals surface area contributed by atoms with E-state index in [9.17, 15) is 4.79 Å². The SMILES string of the molecule is CCNC(=O)N1CCC(Oc2ccccn2)C1. The van der Waals surface area contributed by atoms with Crippen LogP contribution in [0.1, 0.15) is 13.3 Å². The van der Waals surface area contributed by atoms with Crippen LogP contribution in [0.3, 0.4) is 0 Å². The minimum absolute atomic E-state index is 0.0142. The van der Waals surface area contributed by atoms with Crippen LogP contribution in [0.25, 0.3) is 0 Å². The van der Waals surface area contributed by atoms with Crippen molar-refractivity contribution < 1.29 is 9.53 Å². The van der Waals surface area contributed by atoms with Crippen molar-refractivity contribution in [1.29, 1.82) is 0 Å². The van der Waals surface area contributed by atoms with Gasteiger partial charge in [-0.15, -0.1) is 0 Å². The molecule has 0 aliphatic carbocycles. The predicted molar refractivity (Wildman–Crippen MR) is 63.9 cm³/mol. The van der Waals surface area contributed by atoms with Crippen LogP contribution in [0.4, 0.5) is 4.79 Å². The second-order valence-electron chi connectivity index (χ2n) is 3.98. The van der Waals surface area contributed by atoms with E-state index in [2.05, 4.69) is 10.3 Å². The molecule has 2 rings (SSSR count). The molecule has 2 amide bonds. The first kappa shape index (κ1) is 11.7. The van der Waals surface area contributed by atoms with Gasteiger partial charge in [0.1, 0.15) is 6.10 Å². The van der Waals surface area contributed by atoms with E-state index in [1.165, 1.54) is 0 Å². The summed E-state index contributed by atoms with van der Waals surface area (Å²) in [5.41, 5.74) is 0. The highest BCUT2D eigenvalue weighted by atomic mass is 16.5. The average Bonchev–Trinajstić information content (AvgIpc) is 2.79. The normalized spacial score (nSPS) is 19.1. The molecule has 5 heteroatoms. The molecule has 0 aromatic carbocycles. The molecule has 2 heterocycles. The fraction of sp³-hybridized carbons (Fsp3) is 0.500. The Kier molecular flexibility index (Phi) is 3.80. The van der Waals surface area contributed by atoms with Crippen molar-refractivity contribution in [3.63, 3.8) is 0 Å². The Morgan fingerprint density at radius 2 is 2.53 bits per heavy atom. The van der Waals surface area contributed by atoms with Crippen molar-refractivity contribution in [3.05, 3.63) is 24.4 Å². The van der Waals surface area contributed by atoms with Crippen molar-refractivity contribution in [3.8, 4) is 5.88 Å². The van der Waals surface area contributed by atoms with Gasteiger partial charge in [0.15, 0.2) is 0 Å². The number of nitrogens with zero attached hydrogens (tertiary/aromatic N) is 2. The quantitative estimate of drug-likeness (QED) is 0.858. The van der Waals surface area contributed by atoms with Crippen molar-refractivity contribution >= 4 is 6.03 Å². The highest BCUT2D eigenvalue weighted by molar-refractivity contribution is 5.74. The fourth-order valence-corrected chi connectivity index (χ4v) is 1.86. The Morgan fingerprint density at radius 3 is 3.24 bits per heavy atom. The molecule has 1 atom stereocenters. The smallest absolute Gasteiger partial charge is 0.317 e. The third kappa shape index (κ3) is 3.09. The van der Waals surface area contributed by atoms with Gasteiger partial charge in [0, 0.05) is 31.8 Å². The van der Waals surface area contributed by atoms with Crippen molar-refractivity contribution in [2.75, 3.05) is 19.6 Å². The van der Waals surface area contributed by atoms with Crippen LogP contribution in [0.15, 0.2) is 24.4 Å². The van der Waals surface area contributed by atoms with E-state index in [-0.39, 0.29) is 12.1 Å². The summed E-state index contributed by atoms with van der Waals surface area (Å²) in [6.07, 6.45) is 2.60.